The zero-order chi connectivity index (χ0) is 23.2. The number of aromatic nitrogens is 2. The van der Waals surface area contributed by atoms with E-state index < -0.39 is 21.6 Å². The number of hydrogen-bond acceptors (Lipinski definition) is 5. The SMILES string of the molecule is Cc1cc([N+](=O)[O-])ccc1-c1nc2cc([N+](=O)[O-])ccc2n1-c1cccc(C(F)(F)F)c1. The highest BCUT2D eigenvalue weighted by Crippen LogP contribution is 2.35. The number of alkyl halides is 3. The molecule has 4 rings (SSSR count). The largest absolute Gasteiger partial charge is 0.416 e. The Labute approximate surface area is 177 Å². The van der Waals surface area contributed by atoms with Crippen molar-refractivity contribution in [1.82, 2.24) is 9.55 Å². The van der Waals surface area contributed by atoms with E-state index in [0.717, 1.165) is 12.1 Å². The average Bonchev–Trinajstić information content (AvgIpc) is 3.11. The van der Waals surface area contributed by atoms with Crippen LogP contribution in [0.4, 0.5) is 24.5 Å². The van der Waals surface area contributed by atoms with E-state index in [9.17, 15) is 33.4 Å². The van der Waals surface area contributed by atoms with Crippen molar-refractivity contribution in [2.24, 2.45) is 0 Å². The van der Waals surface area contributed by atoms with E-state index in [4.69, 9.17) is 0 Å². The molecule has 0 radical (unpaired) electrons. The summed E-state index contributed by atoms with van der Waals surface area (Å²) in [7, 11) is 0. The highest BCUT2D eigenvalue weighted by atomic mass is 19.4. The Bertz CT molecular complexity index is 1400. The van der Waals surface area contributed by atoms with Crippen LogP contribution in [0.3, 0.4) is 0 Å². The molecule has 0 fully saturated rings. The first kappa shape index (κ1) is 21.0. The van der Waals surface area contributed by atoms with Gasteiger partial charge in [-0.05, 0) is 42.8 Å². The van der Waals surface area contributed by atoms with Crippen LogP contribution in [-0.4, -0.2) is 19.4 Å². The fraction of sp³-hybridized carbons (Fsp3) is 0.0952. The second-order valence-corrected chi connectivity index (χ2v) is 7.01. The first-order valence-electron chi connectivity index (χ1n) is 9.16. The number of fused-ring (bicyclic) bond motifs is 1. The van der Waals surface area contributed by atoms with Crippen molar-refractivity contribution in [1.29, 1.82) is 0 Å². The second kappa shape index (κ2) is 7.45. The van der Waals surface area contributed by atoms with Crippen molar-refractivity contribution in [3.63, 3.8) is 0 Å². The smallest absolute Gasteiger partial charge is 0.292 e. The molecule has 3 aromatic carbocycles. The maximum atomic E-state index is 13.3. The molecule has 0 N–H and O–H groups in total. The molecule has 11 heteroatoms. The maximum Gasteiger partial charge on any atom is 0.416 e. The predicted molar refractivity (Wildman–Crippen MR) is 110 cm³/mol. The van der Waals surface area contributed by atoms with Gasteiger partial charge in [0.25, 0.3) is 11.4 Å². The molecule has 0 aliphatic carbocycles. The topological polar surface area (TPSA) is 104 Å². The van der Waals surface area contributed by atoms with E-state index in [2.05, 4.69) is 4.98 Å². The van der Waals surface area contributed by atoms with Crippen LogP contribution >= 0.6 is 0 Å². The normalized spacial score (nSPS) is 11.6. The highest BCUT2D eigenvalue weighted by molar-refractivity contribution is 5.85. The minimum Gasteiger partial charge on any atom is -0.292 e. The molecule has 0 unspecified atom stereocenters. The van der Waals surface area contributed by atoms with Gasteiger partial charge in [-0.3, -0.25) is 24.8 Å². The van der Waals surface area contributed by atoms with Gasteiger partial charge in [0.05, 0.1) is 26.4 Å². The maximum absolute atomic E-state index is 13.3. The number of nitrogens with zero attached hydrogens (tertiary/aromatic N) is 4. The van der Waals surface area contributed by atoms with Crippen LogP contribution in [0, 0.1) is 27.2 Å². The molecule has 4 aromatic rings. The molecule has 0 aliphatic heterocycles. The molecule has 0 aliphatic rings. The molecule has 0 saturated carbocycles. The summed E-state index contributed by atoms with van der Waals surface area (Å²) < 4.78 is 41.4. The third kappa shape index (κ3) is 3.64. The Morgan fingerprint density at radius 3 is 2.19 bits per heavy atom. The molecule has 0 spiro atoms. The lowest BCUT2D eigenvalue weighted by Crippen LogP contribution is -2.07. The van der Waals surface area contributed by atoms with E-state index in [1.807, 2.05) is 0 Å². The lowest BCUT2D eigenvalue weighted by molar-refractivity contribution is -0.385. The van der Waals surface area contributed by atoms with Crippen molar-refractivity contribution < 1.29 is 23.0 Å². The molecule has 0 bridgehead atoms. The summed E-state index contributed by atoms with van der Waals surface area (Å²) in [5.74, 6) is 0.201. The fourth-order valence-corrected chi connectivity index (χ4v) is 3.46. The highest BCUT2D eigenvalue weighted by Gasteiger charge is 2.31. The predicted octanol–water partition coefficient (Wildman–Crippen LogP) is 5.84. The number of nitro benzene ring substituents is 2. The quantitative estimate of drug-likeness (QED) is 0.292. The van der Waals surface area contributed by atoms with Gasteiger partial charge in [0.1, 0.15) is 5.82 Å². The molecule has 1 aromatic heterocycles. The fourth-order valence-electron chi connectivity index (χ4n) is 3.46. The molecule has 0 saturated heterocycles. The summed E-state index contributed by atoms with van der Waals surface area (Å²) in [6.45, 7) is 1.61. The van der Waals surface area contributed by atoms with Crippen molar-refractivity contribution in [3.8, 4) is 17.1 Å². The molecule has 0 amide bonds. The lowest BCUT2D eigenvalue weighted by Gasteiger charge is -2.13. The van der Waals surface area contributed by atoms with Gasteiger partial charge in [0, 0.05) is 35.5 Å². The van der Waals surface area contributed by atoms with Crippen LogP contribution in [0.5, 0.6) is 0 Å². The standard InChI is InChI=1S/C21H13F3N4O4/c1-12-9-15(27(29)30)5-7-17(12)20-25-18-11-16(28(31)32)6-8-19(18)26(20)14-4-2-3-13(10-14)21(22,23)24/h2-11H,1H3. The molecule has 32 heavy (non-hydrogen) atoms. The van der Waals surface area contributed by atoms with Gasteiger partial charge in [-0.1, -0.05) is 6.07 Å². The summed E-state index contributed by atoms with van der Waals surface area (Å²) in [6, 6.07) is 12.5. The van der Waals surface area contributed by atoms with E-state index >= 15 is 0 Å². The third-order valence-electron chi connectivity index (χ3n) is 4.94. The summed E-state index contributed by atoms with van der Waals surface area (Å²) in [4.78, 5) is 25.5. The number of rotatable bonds is 4. The van der Waals surface area contributed by atoms with Gasteiger partial charge >= 0.3 is 6.18 Å². The van der Waals surface area contributed by atoms with Gasteiger partial charge < -0.3 is 0 Å². The van der Waals surface area contributed by atoms with Crippen LogP contribution < -0.4 is 0 Å². The van der Waals surface area contributed by atoms with Crippen molar-refractivity contribution >= 4 is 22.4 Å². The van der Waals surface area contributed by atoms with Gasteiger partial charge in [-0.2, -0.15) is 13.2 Å². The Morgan fingerprint density at radius 1 is 0.906 bits per heavy atom. The Morgan fingerprint density at radius 2 is 1.56 bits per heavy atom. The average molecular weight is 442 g/mol. The monoisotopic (exact) mass is 442 g/mol. The molecular formula is C21H13F3N4O4. The van der Waals surface area contributed by atoms with Gasteiger partial charge in [0.2, 0.25) is 0 Å². The van der Waals surface area contributed by atoms with Gasteiger partial charge in [-0.15, -0.1) is 0 Å². The van der Waals surface area contributed by atoms with Crippen LogP contribution in [0.15, 0.2) is 60.7 Å². The number of non-ortho nitro benzene ring substituents is 2. The van der Waals surface area contributed by atoms with Crippen molar-refractivity contribution in [2.45, 2.75) is 13.1 Å². The number of imidazole rings is 1. The minimum atomic E-state index is -4.57. The number of nitro groups is 2. The first-order chi connectivity index (χ1) is 15.1. The first-order valence-corrected chi connectivity index (χ1v) is 9.16. The van der Waals surface area contributed by atoms with Crippen molar-refractivity contribution in [3.05, 3.63) is 92.0 Å². The molecular weight excluding hydrogens is 429 g/mol. The second-order valence-electron chi connectivity index (χ2n) is 7.01. The van der Waals surface area contributed by atoms with Crippen LogP contribution in [0.1, 0.15) is 11.1 Å². The summed E-state index contributed by atoms with van der Waals surface area (Å²) in [5, 5.41) is 22.2. The van der Waals surface area contributed by atoms with Gasteiger partial charge in [-0.25, -0.2) is 4.98 Å². The van der Waals surface area contributed by atoms with E-state index in [1.165, 1.54) is 53.1 Å². The van der Waals surface area contributed by atoms with Crippen molar-refractivity contribution in [2.75, 3.05) is 0 Å². The Kier molecular flexibility index (Phi) is 4.88. The van der Waals surface area contributed by atoms with E-state index in [0.29, 0.717) is 16.6 Å². The lowest BCUT2D eigenvalue weighted by atomic mass is 10.1. The van der Waals surface area contributed by atoms with Crippen LogP contribution in [0.2, 0.25) is 0 Å². The third-order valence-corrected chi connectivity index (χ3v) is 4.94. The van der Waals surface area contributed by atoms with E-state index in [1.54, 1.807) is 6.92 Å². The van der Waals surface area contributed by atoms with Crippen LogP contribution in [0.25, 0.3) is 28.1 Å². The number of aryl methyl sites for hydroxylation is 1. The Hall–Kier alpha value is -4.28. The summed E-state index contributed by atoms with van der Waals surface area (Å²) in [6.07, 6.45) is -4.57. The number of benzene rings is 3. The minimum absolute atomic E-state index is 0.143. The van der Waals surface area contributed by atoms with E-state index in [-0.39, 0.29) is 28.4 Å². The zero-order valence-corrected chi connectivity index (χ0v) is 16.3. The zero-order valence-electron chi connectivity index (χ0n) is 16.3. The summed E-state index contributed by atoms with van der Waals surface area (Å²) in [5.41, 5.74) is 0.354. The molecule has 162 valence electrons. The molecule has 0 atom stereocenters. The molecule has 8 nitrogen and oxygen atoms in total. The molecule has 1 heterocycles. The summed E-state index contributed by atoms with van der Waals surface area (Å²) >= 11 is 0. The Balaban J connectivity index is 2.03. The van der Waals surface area contributed by atoms with Gasteiger partial charge in [0.15, 0.2) is 0 Å². The van der Waals surface area contributed by atoms with Crippen LogP contribution in [-0.2, 0) is 6.18 Å². The number of halogens is 3. The number of hydrogen-bond donors (Lipinski definition) is 0.